The average molecular weight is 370 g/mol. The number of nitrogens with one attached hydrogen (secondary N) is 1. The Bertz CT molecular complexity index is 999. The van der Waals surface area contributed by atoms with Crippen molar-refractivity contribution in [1.82, 2.24) is 10.5 Å². The van der Waals surface area contributed by atoms with E-state index in [1.165, 1.54) is 24.3 Å². The molecule has 0 saturated carbocycles. The van der Waals surface area contributed by atoms with Crippen LogP contribution in [0.1, 0.15) is 21.6 Å². The molecule has 0 atom stereocenters. The van der Waals surface area contributed by atoms with E-state index in [-0.39, 0.29) is 17.8 Å². The first-order valence-electron chi connectivity index (χ1n) is 7.90. The number of nitrogens with zero attached hydrogens (tertiary/aromatic N) is 1. The van der Waals surface area contributed by atoms with E-state index in [1.807, 2.05) is 30.3 Å². The van der Waals surface area contributed by atoms with Gasteiger partial charge in [-0.2, -0.15) is 13.2 Å². The van der Waals surface area contributed by atoms with Crippen LogP contribution in [0.25, 0.3) is 11.3 Å². The molecule has 1 aromatic heterocycles. The van der Waals surface area contributed by atoms with Gasteiger partial charge in [0.05, 0.1) is 12.1 Å². The first kappa shape index (κ1) is 18.3. The number of carbonyl (C=O) groups excluding carboxylic acids is 1. The summed E-state index contributed by atoms with van der Waals surface area (Å²) in [6.07, 6.45) is -4.48. The number of aromatic nitrogens is 1. The van der Waals surface area contributed by atoms with Crippen LogP contribution >= 0.6 is 0 Å². The Morgan fingerprint density at radius 3 is 2.52 bits per heavy atom. The number of hydrogen-bond donors (Lipinski definition) is 1. The van der Waals surface area contributed by atoms with Crippen molar-refractivity contribution in [2.75, 3.05) is 6.54 Å². The molecule has 0 saturated heterocycles. The molecule has 0 bridgehead atoms. The molecule has 1 N–H and O–H groups in total. The Kier molecular flexibility index (Phi) is 5.27. The van der Waals surface area contributed by atoms with Gasteiger partial charge in [-0.25, -0.2) is 0 Å². The van der Waals surface area contributed by atoms with E-state index in [9.17, 15) is 18.0 Å². The Morgan fingerprint density at radius 1 is 1.07 bits per heavy atom. The van der Waals surface area contributed by atoms with E-state index in [4.69, 9.17) is 4.52 Å². The lowest BCUT2D eigenvalue weighted by atomic mass is 10.1. The summed E-state index contributed by atoms with van der Waals surface area (Å²) in [7, 11) is 0. The van der Waals surface area contributed by atoms with E-state index in [0.717, 1.165) is 11.6 Å². The fraction of sp³-hybridized carbons (Fsp3) is 0.100. The lowest BCUT2D eigenvalue weighted by molar-refractivity contribution is -0.137. The van der Waals surface area contributed by atoms with Gasteiger partial charge in [-0.15, -0.1) is 0 Å². The van der Waals surface area contributed by atoms with Crippen LogP contribution in [0.5, 0.6) is 0 Å². The first-order valence-corrected chi connectivity index (χ1v) is 7.90. The molecule has 1 amide bonds. The molecule has 7 heteroatoms. The number of rotatable bonds is 3. The van der Waals surface area contributed by atoms with Crippen LogP contribution in [-0.4, -0.2) is 17.6 Å². The summed E-state index contributed by atoms with van der Waals surface area (Å²) >= 11 is 0. The van der Waals surface area contributed by atoms with Gasteiger partial charge in [0, 0.05) is 17.2 Å². The van der Waals surface area contributed by atoms with Gasteiger partial charge in [0.1, 0.15) is 0 Å². The molecule has 3 aromatic rings. The Morgan fingerprint density at radius 2 is 1.78 bits per heavy atom. The van der Waals surface area contributed by atoms with E-state index >= 15 is 0 Å². The molecule has 0 aliphatic heterocycles. The van der Waals surface area contributed by atoms with Gasteiger partial charge in [0.15, 0.2) is 11.5 Å². The molecule has 0 unspecified atom stereocenters. The fourth-order valence-corrected chi connectivity index (χ4v) is 2.31. The summed E-state index contributed by atoms with van der Waals surface area (Å²) in [4.78, 5) is 12.0. The second-order valence-electron chi connectivity index (χ2n) is 5.47. The Labute approximate surface area is 153 Å². The summed E-state index contributed by atoms with van der Waals surface area (Å²) in [5.74, 6) is 4.85. The van der Waals surface area contributed by atoms with Crippen LogP contribution in [0.15, 0.2) is 65.2 Å². The maximum atomic E-state index is 12.9. The van der Waals surface area contributed by atoms with E-state index in [1.54, 1.807) is 0 Å². The van der Waals surface area contributed by atoms with E-state index in [2.05, 4.69) is 22.3 Å². The number of carbonyl (C=O) groups is 1. The second-order valence-corrected chi connectivity index (χ2v) is 5.47. The van der Waals surface area contributed by atoms with Crippen molar-refractivity contribution in [3.8, 4) is 23.2 Å². The smallest absolute Gasteiger partial charge is 0.355 e. The van der Waals surface area contributed by atoms with Crippen molar-refractivity contribution in [3.05, 3.63) is 77.5 Å². The topological polar surface area (TPSA) is 55.1 Å². The molecular formula is C20H13F3N2O2. The van der Waals surface area contributed by atoms with Crippen molar-refractivity contribution in [3.63, 3.8) is 0 Å². The van der Waals surface area contributed by atoms with Gasteiger partial charge in [-0.05, 0) is 12.1 Å². The van der Waals surface area contributed by atoms with Crippen LogP contribution < -0.4 is 5.32 Å². The zero-order chi connectivity index (χ0) is 19.3. The predicted octanol–water partition coefficient (Wildman–Crippen LogP) is 4.14. The zero-order valence-corrected chi connectivity index (χ0v) is 13.9. The monoisotopic (exact) mass is 370 g/mol. The summed E-state index contributed by atoms with van der Waals surface area (Å²) in [6.45, 7) is -0.126. The van der Waals surface area contributed by atoms with Crippen molar-refractivity contribution >= 4 is 5.91 Å². The molecule has 0 fully saturated rings. The third-order valence-electron chi connectivity index (χ3n) is 3.59. The molecule has 27 heavy (non-hydrogen) atoms. The van der Waals surface area contributed by atoms with Gasteiger partial charge in [0.2, 0.25) is 0 Å². The summed E-state index contributed by atoms with van der Waals surface area (Å²) < 4.78 is 43.8. The normalized spacial score (nSPS) is 10.8. The predicted molar refractivity (Wildman–Crippen MR) is 92.6 cm³/mol. The van der Waals surface area contributed by atoms with E-state index in [0.29, 0.717) is 5.76 Å². The fourth-order valence-electron chi connectivity index (χ4n) is 2.31. The first-order chi connectivity index (χ1) is 12.9. The summed E-state index contributed by atoms with van der Waals surface area (Å²) in [5, 5.41) is 6.17. The molecule has 0 spiro atoms. The molecule has 3 rings (SSSR count). The number of benzene rings is 2. The standard InChI is InChI=1S/C20H13F3N2O2/c21-20(22,23)16-11-5-4-7-14(16)10-6-12-24-19(26)17-13-18(27-25-17)15-8-2-1-3-9-15/h1-5,7-9,11,13H,12H2,(H,24,26). The molecule has 0 aliphatic rings. The van der Waals surface area contributed by atoms with Gasteiger partial charge >= 0.3 is 6.18 Å². The highest BCUT2D eigenvalue weighted by Gasteiger charge is 2.32. The summed E-state index contributed by atoms with van der Waals surface area (Å²) in [5.41, 5.74) is -0.126. The molecule has 2 aromatic carbocycles. The highest BCUT2D eigenvalue weighted by atomic mass is 19.4. The largest absolute Gasteiger partial charge is 0.417 e. The highest BCUT2D eigenvalue weighted by molar-refractivity contribution is 5.93. The lowest BCUT2D eigenvalue weighted by Gasteiger charge is -2.08. The number of hydrogen-bond acceptors (Lipinski definition) is 3. The minimum absolute atomic E-state index is 0.0614. The zero-order valence-electron chi connectivity index (χ0n) is 13.9. The maximum absolute atomic E-state index is 12.9. The van der Waals surface area contributed by atoms with Crippen LogP contribution in [0.3, 0.4) is 0 Å². The minimum atomic E-state index is -4.48. The third-order valence-corrected chi connectivity index (χ3v) is 3.59. The summed E-state index contributed by atoms with van der Waals surface area (Å²) in [6, 6.07) is 15.6. The molecule has 4 nitrogen and oxygen atoms in total. The van der Waals surface area contributed by atoms with Crippen molar-refractivity contribution in [2.45, 2.75) is 6.18 Å². The van der Waals surface area contributed by atoms with Crippen molar-refractivity contribution < 1.29 is 22.5 Å². The van der Waals surface area contributed by atoms with Crippen LogP contribution in [0.2, 0.25) is 0 Å². The number of amides is 1. The number of alkyl halides is 3. The average Bonchev–Trinajstić information content (AvgIpc) is 3.16. The third kappa shape index (κ3) is 4.55. The van der Waals surface area contributed by atoms with Crippen LogP contribution in [-0.2, 0) is 6.18 Å². The minimum Gasteiger partial charge on any atom is -0.355 e. The molecular weight excluding hydrogens is 357 g/mol. The second kappa shape index (κ2) is 7.79. The molecule has 1 heterocycles. The highest BCUT2D eigenvalue weighted by Crippen LogP contribution is 2.31. The van der Waals surface area contributed by atoms with Crippen LogP contribution in [0.4, 0.5) is 13.2 Å². The number of halogens is 3. The Balaban J connectivity index is 1.64. The van der Waals surface area contributed by atoms with Gasteiger partial charge in [-0.1, -0.05) is 59.5 Å². The van der Waals surface area contributed by atoms with Gasteiger partial charge < -0.3 is 9.84 Å². The van der Waals surface area contributed by atoms with E-state index < -0.39 is 17.6 Å². The molecule has 0 aliphatic carbocycles. The van der Waals surface area contributed by atoms with Gasteiger partial charge in [-0.3, -0.25) is 4.79 Å². The Hall–Kier alpha value is -3.53. The van der Waals surface area contributed by atoms with Gasteiger partial charge in [0.25, 0.3) is 5.91 Å². The molecule has 136 valence electrons. The molecule has 0 radical (unpaired) electrons. The van der Waals surface area contributed by atoms with Crippen LogP contribution in [0, 0.1) is 11.8 Å². The maximum Gasteiger partial charge on any atom is 0.417 e. The SMILES string of the molecule is O=C(NCC#Cc1ccccc1C(F)(F)F)c1cc(-c2ccccc2)on1. The quantitative estimate of drug-likeness (QED) is 0.705. The van der Waals surface area contributed by atoms with Crippen molar-refractivity contribution in [2.24, 2.45) is 0 Å². The lowest BCUT2D eigenvalue weighted by Crippen LogP contribution is -2.23. The van der Waals surface area contributed by atoms with Crippen molar-refractivity contribution in [1.29, 1.82) is 0 Å².